The van der Waals surface area contributed by atoms with Crippen LogP contribution in [-0.2, 0) is 34.6 Å². The number of hydrogen-bond donors (Lipinski definition) is 0. The molecule has 244 valence electrons. The molecule has 2 rings (SSSR count). The lowest BCUT2D eigenvalue weighted by Gasteiger charge is -2.46. The molecule has 0 N–H and O–H groups in total. The second kappa shape index (κ2) is 14.6. The van der Waals surface area contributed by atoms with Gasteiger partial charge in [0.15, 0.2) is 5.16 Å². The predicted octanol–water partition coefficient (Wildman–Crippen LogP) is 7.24. The van der Waals surface area contributed by atoms with Gasteiger partial charge in [-0.25, -0.2) is 14.5 Å². The third-order valence-corrected chi connectivity index (χ3v) is 9.98. The summed E-state index contributed by atoms with van der Waals surface area (Å²) in [5, 5.41) is -1.41. The normalized spacial score (nSPS) is 21.6. The summed E-state index contributed by atoms with van der Waals surface area (Å²) >= 11 is 0. The summed E-state index contributed by atoms with van der Waals surface area (Å²) < 4.78 is 37.4. The number of carbonyl (C=O) groups is 3. The zero-order chi connectivity index (χ0) is 32.7. The zero-order valence-corrected chi connectivity index (χ0v) is 28.8. The molecule has 2 amide bonds. The van der Waals surface area contributed by atoms with Crippen molar-refractivity contribution < 1.29 is 37.7 Å². The molecule has 2 atom stereocenters. The van der Waals surface area contributed by atoms with Gasteiger partial charge in [0.25, 0.3) is 0 Å². The smallest absolute Gasteiger partial charge is 0.419 e. The Morgan fingerprint density at radius 1 is 0.860 bits per heavy atom. The second-order valence-corrected chi connectivity index (χ2v) is 17.0. The first-order chi connectivity index (χ1) is 19.7. The van der Waals surface area contributed by atoms with Crippen LogP contribution in [-0.4, -0.2) is 82.3 Å². The van der Waals surface area contributed by atoms with Gasteiger partial charge in [-0.3, -0.25) is 14.3 Å². The lowest BCUT2D eigenvalue weighted by Crippen LogP contribution is -2.56. The fourth-order valence-corrected chi connectivity index (χ4v) is 7.93. The number of esters is 1. The van der Waals surface area contributed by atoms with Crippen molar-refractivity contribution >= 4 is 25.5 Å². The summed E-state index contributed by atoms with van der Waals surface area (Å²) in [5.41, 5.74) is -1.34. The van der Waals surface area contributed by atoms with E-state index in [-0.39, 0.29) is 32.3 Å². The maximum atomic E-state index is 14.6. The minimum atomic E-state index is -3.51. The van der Waals surface area contributed by atoms with Gasteiger partial charge in [0.05, 0.1) is 6.61 Å². The van der Waals surface area contributed by atoms with Crippen LogP contribution in [0.3, 0.4) is 0 Å². The topological polar surface area (TPSA) is 112 Å². The van der Waals surface area contributed by atoms with Crippen LogP contribution in [0.1, 0.15) is 94.1 Å². The van der Waals surface area contributed by atoms with E-state index in [2.05, 4.69) is 4.90 Å². The molecule has 0 aromatic heterocycles. The van der Waals surface area contributed by atoms with E-state index in [0.717, 1.165) is 10.5 Å². The van der Waals surface area contributed by atoms with E-state index in [1.165, 1.54) is 0 Å². The van der Waals surface area contributed by atoms with Gasteiger partial charge in [0.1, 0.15) is 16.8 Å². The van der Waals surface area contributed by atoms with Crippen LogP contribution in [0.4, 0.5) is 9.59 Å². The number of benzene rings is 1. The predicted molar refractivity (Wildman–Crippen MR) is 167 cm³/mol. The van der Waals surface area contributed by atoms with Gasteiger partial charge in [-0.1, -0.05) is 30.3 Å². The van der Waals surface area contributed by atoms with Crippen molar-refractivity contribution in [2.24, 2.45) is 0 Å². The van der Waals surface area contributed by atoms with Crippen molar-refractivity contribution in [2.75, 3.05) is 32.4 Å². The van der Waals surface area contributed by atoms with Gasteiger partial charge < -0.3 is 18.7 Å². The number of amides is 2. The summed E-state index contributed by atoms with van der Waals surface area (Å²) in [6.45, 7) is 19.0. The Kier molecular flexibility index (Phi) is 12.5. The van der Waals surface area contributed by atoms with Crippen LogP contribution >= 0.6 is 7.37 Å². The molecule has 43 heavy (non-hydrogen) atoms. The monoisotopic (exact) mass is 624 g/mol. The first-order valence-electron chi connectivity index (χ1n) is 15.2. The Hall–Kier alpha value is -2.42. The lowest BCUT2D eigenvalue weighted by molar-refractivity contribution is -0.160. The fourth-order valence-electron chi connectivity index (χ4n) is 4.92. The summed E-state index contributed by atoms with van der Waals surface area (Å²) in [7, 11) is -3.51. The number of imide groups is 1. The third-order valence-electron chi connectivity index (χ3n) is 6.66. The summed E-state index contributed by atoms with van der Waals surface area (Å²) in [6.07, 6.45) is -0.507. The molecule has 0 saturated carbocycles. The standard InChI is InChI=1S/C32H53N2O8P/c1-11-39-43(38)22-21-33(23-25-17-13-12-14-18-25)24-32(43,26(35)40-29(2,3)4)19-15-16-20-34(27(36)41-30(5,6)7)28(37)42-31(8,9)10/h12-14,17-18H,11,15-16,19-24H2,1-10H3. The highest BCUT2D eigenvalue weighted by atomic mass is 31.2. The molecule has 1 aromatic rings. The first-order valence-corrected chi connectivity index (χ1v) is 17.0. The Morgan fingerprint density at radius 2 is 1.40 bits per heavy atom. The number of hydrogen-bond acceptors (Lipinski definition) is 9. The van der Waals surface area contributed by atoms with Gasteiger partial charge in [0.2, 0.25) is 7.37 Å². The molecule has 1 fully saturated rings. The summed E-state index contributed by atoms with van der Waals surface area (Å²) in [6, 6.07) is 9.92. The minimum Gasteiger partial charge on any atom is -0.459 e. The molecule has 0 aliphatic carbocycles. The quantitative estimate of drug-likeness (QED) is 0.115. The largest absolute Gasteiger partial charge is 0.459 e. The molecular formula is C32H53N2O8P. The SMILES string of the molecule is CCOP1(=O)CCN(Cc2ccccc2)CC1(CCCCN(C(=O)OC(C)(C)C)C(=O)OC(C)(C)C)C(=O)OC(C)(C)C. The molecule has 1 aliphatic heterocycles. The van der Waals surface area contributed by atoms with Crippen molar-refractivity contribution in [3.63, 3.8) is 0 Å². The zero-order valence-electron chi connectivity index (χ0n) is 27.9. The van der Waals surface area contributed by atoms with Crippen LogP contribution < -0.4 is 0 Å². The minimum absolute atomic E-state index is 0.000884. The molecule has 1 aromatic carbocycles. The molecule has 10 nitrogen and oxygen atoms in total. The van der Waals surface area contributed by atoms with E-state index >= 15 is 0 Å². The van der Waals surface area contributed by atoms with Crippen LogP contribution in [0, 0.1) is 0 Å². The molecule has 1 saturated heterocycles. The number of unbranched alkanes of at least 4 members (excludes halogenated alkanes) is 1. The van der Waals surface area contributed by atoms with E-state index < -0.39 is 47.5 Å². The van der Waals surface area contributed by atoms with E-state index in [4.69, 9.17) is 18.7 Å². The average Bonchev–Trinajstić information content (AvgIpc) is 2.83. The van der Waals surface area contributed by atoms with Crippen LogP contribution in [0.2, 0.25) is 0 Å². The number of ether oxygens (including phenoxy) is 3. The van der Waals surface area contributed by atoms with Crippen LogP contribution in [0.15, 0.2) is 30.3 Å². The van der Waals surface area contributed by atoms with Crippen LogP contribution in [0.25, 0.3) is 0 Å². The Bertz CT molecular complexity index is 1110. The van der Waals surface area contributed by atoms with Gasteiger partial charge >= 0.3 is 18.2 Å². The molecule has 11 heteroatoms. The Balaban J connectivity index is 2.36. The number of nitrogens with zero attached hydrogens (tertiary/aromatic N) is 2. The molecule has 1 heterocycles. The first kappa shape index (κ1) is 36.8. The van der Waals surface area contributed by atoms with E-state index in [9.17, 15) is 18.9 Å². The Labute approximate surface area is 258 Å². The third kappa shape index (κ3) is 11.2. The molecule has 1 aliphatic rings. The van der Waals surface area contributed by atoms with Crippen molar-refractivity contribution in [3.05, 3.63) is 35.9 Å². The maximum Gasteiger partial charge on any atom is 0.419 e. The highest BCUT2D eigenvalue weighted by Gasteiger charge is 2.59. The van der Waals surface area contributed by atoms with Crippen molar-refractivity contribution in [3.8, 4) is 0 Å². The second-order valence-electron chi connectivity index (χ2n) is 14.1. The molecule has 0 bridgehead atoms. The average molecular weight is 625 g/mol. The van der Waals surface area contributed by atoms with E-state index in [0.29, 0.717) is 25.9 Å². The van der Waals surface area contributed by atoms with Crippen molar-refractivity contribution in [1.29, 1.82) is 0 Å². The number of carbonyl (C=O) groups excluding carboxylic acids is 3. The highest BCUT2D eigenvalue weighted by Crippen LogP contribution is 2.64. The van der Waals surface area contributed by atoms with Gasteiger partial charge in [0, 0.05) is 32.3 Å². The number of rotatable bonds is 10. The maximum absolute atomic E-state index is 14.6. The van der Waals surface area contributed by atoms with Crippen molar-refractivity contribution in [1.82, 2.24) is 9.80 Å². The lowest BCUT2D eigenvalue weighted by atomic mass is 9.98. The summed E-state index contributed by atoms with van der Waals surface area (Å²) in [4.78, 5) is 43.0. The van der Waals surface area contributed by atoms with Gasteiger partial charge in [-0.15, -0.1) is 0 Å². The van der Waals surface area contributed by atoms with Gasteiger partial charge in [-0.2, -0.15) is 0 Å². The molecule has 0 radical (unpaired) electrons. The summed E-state index contributed by atoms with van der Waals surface area (Å²) in [5.74, 6) is -0.550. The highest BCUT2D eigenvalue weighted by molar-refractivity contribution is 7.62. The molecular weight excluding hydrogens is 571 g/mol. The van der Waals surface area contributed by atoms with Crippen LogP contribution in [0.5, 0.6) is 0 Å². The molecule has 0 spiro atoms. The Morgan fingerprint density at radius 3 is 1.88 bits per heavy atom. The van der Waals surface area contributed by atoms with Gasteiger partial charge in [-0.05, 0) is 94.1 Å². The van der Waals surface area contributed by atoms with E-state index in [1.54, 1.807) is 69.2 Å². The molecule has 2 unspecified atom stereocenters. The fraction of sp³-hybridized carbons (Fsp3) is 0.719. The van der Waals surface area contributed by atoms with E-state index in [1.807, 2.05) is 30.3 Å². The van der Waals surface area contributed by atoms with Crippen molar-refractivity contribution in [2.45, 2.75) is 117 Å².